The van der Waals surface area contributed by atoms with Gasteiger partial charge in [0.25, 0.3) is 0 Å². The Labute approximate surface area is 321 Å². The van der Waals surface area contributed by atoms with Crippen LogP contribution in [0.15, 0.2) is 72.9 Å². The fourth-order valence-corrected chi connectivity index (χ4v) is 5.51. The van der Waals surface area contributed by atoms with Gasteiger partial charge in [-0.1, -0.05) is 164 Å². The van der Waals surface area contributed by atoms with Crippen LogP contribution in [0, 0.1) is 0 Å². The van der Waals surface area contributed by atoms with E-state index in [2.05, 4.69) is 93.7 Å². The maximum atomic E-state index is 12.6. The maximum absolute atomic E-state index is 12.6. The zero-order valence-electron chi connectivity index (χ0n) is 34.1. The first-order chi connectivity index (χ1) is 25.6. The van der Waals surface area contributed by atoms with Gasteiger partial charge in [-0.25, -0.2) is 0 Å². The van der Waals surface area contributed by atoms with Gasteiger partial charge in [0.15, 0.2) is 6.10 Å². The lowest BCUT2D eigenvalue weighted by Crippen LogP contribution is -2.30. The predicted octanol–water partition coefficient (Wildman–Crippen LogP) is 14.0. The van der Waals surface area contributed by atoms with Crippen LogP contribution in [-0.4, -0.2) is 37.9 Å². The number of ether oxygens (including phenoxy) is 3. The molecule has 0 aromatic heterocycles. The topological polar surface area (TPSA) is 61.8 Å². The van der Waals surface area contributed by atoms with E-state index in [0.717, 1.165) is 96.3 Å². The Balaban J connectivity index is 4.27. The van der Waals surface area contributed by atoms with E-state index in [-0.39, 0.29) is 25.2 Å². The second-order valence-electron chi connectivity index (χ2n) is 13.9. The molecule has 298 valence electrons. The summed E-state index contributed by atoms with van der Waals surface area (Å²) in [7, 11) is 0. The summed E-state index contributed by atoms with van der Waals surface area (Å²) in [4.78, 5) is 25.0. The Morgan fingerprint density at radius 2 is 0.885 bits per heavy atom. The van der Waals surface area contributed by atoms with Gasteiger partial charge in [-0.2, -0.15) is 0 Å². The van der Waals surface area contributed by atoms with Crippen LogP contribution in [0.2, 0.25) is 0 Å². The third-order valence-corrected chi connectivity index (χ3v) is 8.73. The molecule has 0 saturated carbocycles. The highest BCUT2D eigenvalue weighted by atomic mass is 16.6. The van der Waals surface area contributed by atoms with Crippen LogP contribution in [0.5, 0.6) is 0 Å². The molecule has 52 heavy (non-hydrogen) atoms. The van der Waals surface area contributed by atoms with E-state index in [1.807, 2.05) is 0 Å². The van der Waals surface area contributed by atoms with Crippen LogP contribution in [0.3, 0.4) is 0 Å². The molecule has 0 aliphatic rings. The number of carbonyl (C=O) groups is 2. The van der Waals surface area contributed by atoms with Crippen molar-refractivity contribution in [1.29, 1.82) is 0 Å². The van der Waals surface area contributed by atoms with E-state index in [4.69, 9.17) is 14.2 Å². The summed E-state index contributed by atoms with van der Waals surface area (Å²) in [6, 6.07) is 0. The number of carbonyl (C=O) groups excluding carboxylic acids is 2. The first-order valence-electron chi connectivity index (χ1n) is 21.5. The van der Waals surface area contributed by atoms with Gasteiger partial charge in [0.05, 0.1) is 6.61 Å². The fraction of sp³-hybridized carbons (Fsp3) is 0.702. The second-order valence-corrected chi connectivity index (χ2v) is 13.9. The number of unbranched alkanes of at least 4 members (excludes halogenated alkanes) is 15. The molecule has 0 aromatic rings. The molecule has 0 radical (unpaired) electrons. The van der Waals surface area contributed by atoms with Crippen molar-refractivity contribution in [2.24, 2.45) is 0 Å². The van der Waals surface area contributed by atoms with Crippen molar-refractivity contribution in [1.82, 2.24) is 0 Å². The molecule has 0 amide bonds. The van der Waals surface area contributed by atoms with Crippen molar-refractivity contribution in [2.75, 3.05) is 19.8 Å². The van der Waals surface area contributed by atoms with Gasteiger partial charge < -0.3 is 14.2 Å². The smallest absolute Gasteiger partial charge is 0.306 e. The maximum Gasteiger partial charge on any atom is 0.306 e. The molecule has 0 saturated heterocycles. The lowest BCUT2D eigenvalue weighted by atomic mass is 10.1. The summed E-state index contributed by atoms with van der Waals surface area (Å²) in [6.07, 6.45) is 53.4. The van der Waals surface area contributed by atoms with Crippen molar-refractivity contribution in [3.05, 3.63) is 72.9 Å². The SMILES string of the molecule is CC/C=C\C/C=C\C/C=C\C/C=C\C/C=C\CCCCOCC(COC(=O)CCCCCCC/C=C\CCCC)OC(=O)CCCCCCCCC. The van der Waals surface area contributed by atoms with Gasteiger partial charge in [-0.15, -0.1) is 0 Å². The molecular weight excluding hydrogens is 645 g/mol. The third kappa shape index (κ3) is 40.1. The average molecular weight is 725 g/mol. The molecule has 1 atom stereocenters. The standard InChI is InChI=1S/C47H80O5/c1-4-7-10-13-16-18-20-21-22-23-24-25-26-28-30-33-36-39-42-50-43-45(52-47(49)41-38-35-31-15-12-9-6-3)44-51-46(48)40-37-34-32-29-27-19-17-14-11-8-5-2/h7,10,14,16-18,21-22,24-25,28,30,45H,4-6,8-9,11-13,15,19-20,23,26-27,29,31-44H2,1-3H3/b10-7-,17-14-,18-16-,22-21-,25-24-,30-28-. The Kier molecular flexibility index (Phi) is 40.6. The largest absolute Gasteiger partial charge is 0.462 e. The molecule has 0 fully saturated rings. The average Bonchev–Trinajstić information content (AvgIpc) is 3.14. The molecule has 0 aromatic carbocycles. The Morgan fingerprint density at radius 3 is 1.46 bits per heavy atom. The molecule has 0 bridgehead atoms. The van der Waals surface area contributed by atoms with Gasteiger partial charge >= 0.3 is 11.9 Å². The van der Waals surface area contributed by atoms with Crippen LogP contribution in [-0.2, 0) is 23.8 Å². The summed E-state index contributed by atoms with van der Waals surface area (Å²) in [5.74, 6) is -0.444. The summed E-state index contributed by atoms with van der Waals surface area (Å²) in [6.45, 7) is 7.51. The Hall–Kier alpha value is -2.66. The minimum absolute atomic E-state index is 0.0615. The number of allylic oxidation sites excluding steroid dienone is 12. The molecule has 5 nitrogen and oxygen atoms in total. The van der Waals surface area contributed by atoms with E-state index < -0.39 is 6.10 Å². The van der Waals surface area contributed by atoms with E-state index in [1.165, 1.54) is 57.8 Å². The number of esters is 2. The van der Waals surface area contributed by atoms with E-state index in [0.29, 0.717) is 19.4 Å². The predicted molar refractivity (Wildman–Crippen MR) is 224 cm³/mol. The Morgan fingerprint density at radius 1 is 0.442 bits per heavy atom. The van der Waals surface area contributed by atoms with Crippen LogP contribution < -0.4 is 0 Å². The first-order valence-corrected chi connectivity index (χ1v) is 21.5. The summed E-state index contributed by atoms with van der Waals surface area (Å²) >= 11 is 0. The number of rotatable bonds is 38. The van der Waals surface area contributed by atoms with Crippen LogP contribution in [0.1, 0.15) is 188 Å². The highest BCUT2D eigenvalue weighted by Crippen LogP contribution is 2.12. The monoisotopic (exact) mass is 725 g/mol. The van der Waals surface area contributed by atoms with Gasteiger partial charge in [0.1, 0.15) is 6.61 Å². The molecule has 0 rings (SSSR count). The zero-order chi connectivity index (χ0) is 37.8. The third-order valence-electron chi connectivity index (χ3n) is 8.73. The minimum atomic E-state index is -0.558. The van der Waals surface area contributed by atoms with Crippen LogP contribution in [0.25, 0.3) is 0 Å². The van der Waals surface area contributed by atoms with Crippen molar-refractivity contribution in [3.63, 3.8) is 0 Å². The van der Waals surface area contributed by atoms with Gasteiger partial charge in [0.2, 0.25) is 0 Å². The molecular formula is C47H80O5. The minimum Gasteiger partial charge on any atom is -0.462 e. The van der Waals surface area contributed by atoms with Gasteiger partial charge in [0, 0.05) is 19.4 Å². The van der Waals surface area contributed by atoms with Crippen molar-refractivity contribution in [2.45, 2.75) is 194 Å². The van der Waals surface area contributed by atoms with E-state index in [1.54, 1.807) is 0 Å². The highest BCUT2D eigenvalue weighted by Gasteiger charge is 2.17. The van der Waals surface area contributed by atoms with Crippen molar-refractivity contribution in [3.8, 4) is 0 Å². The normalized spacial score (nSPS) is 12.9. The van der Waals surface area contributed by atoms with Crippen molar-refractivity contribution >= 4 is 11.9 Å². The second kappa shape index (κ2) is 42.8. The highest BCUT2D eigenvalue weighted by molar-refractivity contribution is 5.70. The summed E-state index contributed by atoms with van der Waals surface area (Å²) in [5.41, 5.74) is 0. The zero-order valence-corrected chi connectivity index (χ0v) is 34.1. The Bertz CT molecular complexity index is 957. The molecule has 0 spiro atoms. The summed E-state index contributed by atoms with van der Waals surface area (Å²) in [5, 5.41) is 0. The van der Waals surface area contributed by atoms with Gasteiger partial charge in [-0.3, -0.25) is 9.59 Å². The van der Waals surface area contributed by atoms with Crippen LogP contribution >= 0.6 is 0 Å². The lowest BCUT2D eigenvalue weighted by molar-refractivity contribution is -0.163. The van der Waals surface area contributed by atoms with Gasteiger partial charge in [-0.05, 0) is 83.5 Å². The molecule has 0 aliphatic carbocycles. The first kappa shape index (κ1) is 49.3. The number of hydrogen-bond acceptors (Lipinski definition) is 5. The summed E-state index contributed by atoms with van der Waals surface area (Å²) < 4.78 is 17.2. The quantitative estimate of drug-likeness (QED) is 0.0360. The van der Waals surface area contributed by atoms with Crippen molar-refractivity contribution < 1.29 is 23.8 Å². The molecule has 5 heteroatoms. The number of hydrogen-bond donors (Lipinski definition) is 0. The molecule has 0 aliphatic heterocycles. The molecule has 0 heterocycles. The van der Waals surface area contributed by atoms with E-state index >= 15 is 0 Å². The van der Waals surface area contributed by atoms with E-state index in [9.17, 15) is 9.59 Å². The van der Waals surface area contributed by atoms with Crippen LogP contribution in [0.4, 0.5) is 0 Å². The lowest BCUT2D eigenvalue weighted by Gasteiger charge is -2.18. The molecule has 1 unspecified atom stereocenters. The fourth-order valence-electron chi connectivity index (χ4n) is 5.51. The molecule has 0 N–H and O–H groups in total.